The van der Waals surface area contributed by atoms with Gasteiger partial charge >= 0.3 is 0 Å². The fraction of sp³-hybridized carbons (Fsp3) is 0.333. The summed E-state index contributed by atoms with van der Waals surface area (Å²) >= 11 is 0. The molecule has 2 atom stereocenters. The van der Waals surface area contributed by atoms with Gasteiger partial charge in [-0.1, -0.05) is 51.1 Å². The number of hydrogen-bond donors (Lipinski definition) is 1. The van der Waals surface area contributed by atoms with E-state index in [4.69, 9.17) is 0 Å². The molecule has 0 radical (unpaired) electrons. The van der Waals surface area contributed by atoms with E-state index in [2.05, 4.69) is 58.7 Å². The summed E-state index contributed by atoms with van der Waals surface area (Å²) in [5.41, 5.74) is 1.10. The van der Waals surface area contributed by atoms with Crippen molar-refractivity contribution in [2.75, 3.05) is 0 Å². The van der Waals surface area contributed by atoms with Crippen molar-refractivity contribution in [1.29, 1.82) is 0 Å². The third-order valence-electron chi connectivity index (χ3n) is 6.00. The first kappa shape index (κ1) is 22.7. The van der Waals surface area contributed by atoms with E-state index < -0.39 is 23.2 Å². The Morgan fingerprint density at radius 3 is 2.39 bits per heavy atom. The molecule has 172 valence electrons. The van der Waals surface area contributed by atoms with Crippen LogP contribution in [0.5, 0.6) is 0 Å². The van der Waals surface area contributed by atoms with Gasteiger partial charge in [-0.2, -0.15) is 5.10 Å². The zero-order chi connectivity index (χ0) is 23.6. The minimum atomic E-state index is -1.77. The van der Waals surface area contributed by atoms with Gasteiger partial charge in [0.25, 0.3) is 0 Å². The number of hydrogen-bond acceptors (Lipinski definition) is 5. The van der Waals surface area contributed by atoms with E-state index in [0.29, 0.717) is 18.2 Å². The molecule has 0 saturated heterocycles. The minimum Gasteiger partial charge on any atom is -0.382 e. The highest BCUT2D eigenvalue weighted by atomic mass is 19.1. The third kappa shape index (κ3) is 4.83. The van der Waals surface area contributed by atoms with E-state index >= 15 is 0 Å². The molecule has 4 aromatic rings. The first-order valence-corrected chi connectivity index (χ1v) is 10.8. The number of halogens is 2. The van der Waals surface area contributed by atoms with E-state index in [-0.39, 0.29) is 12.1 Å². The largest absolute Gasteiger partial charge is 0.382 e. The van der Waals surface area contributed by atoms with Crippen LogP contribution in [0.3, 0.4) is 0 Å². The van der Waals surface area contributed by atoms with E-state index in [9.17, 15) is 13.9 Å². The Morgan fingerprint density at radius 1 is 1.00 bits per heavy atom. The van der Waals surface area contributed by atoms with Gasteiger partial charge in [0, 0.05) is 23.7 Å². The van der Waals surface area contributed by atoms with Crippen molar-refractivity contribution in [3.05, 3.63) is 95.1 Å². The molecule has 0 aliphatic heterocycles. The predicted molar refractivity (Wildman–Crippen MR) is 118 cm³/mol. The Hall–Kier alpha value is -3.46. The minimum absolute atomic E-state index is 0.0503. The molecule has 0 bridgehead atoms. The number of benzene rings is 2. The molecule has 9 heteroatoms. The fourth-order valence-corrected chi connectivity index (χ4v) is 3.93. The number of aliphatic hydroxyl groups is 1. The normalized spacial score (nSPS) is 14.4. The van der Waals surface area contributed by atoms with Gasteiger partial charge in [0.2, 0.25) is 0 Å². The van der Waals surface area contributed by atoms with Crippen molar-refractivity contribution >= 4 is 0 Å². The van der Waals surface area contributed by atoms with E-state index in [0.717, 1.165) is 17.7 Å². The molecule has 0 aliphatic rings. The molecule has 2 aromatic carbocycles. The molecule has 33 heavy (non-hydrogen) atoms. The van der Waals surface area contributed by atoms with Crippen LogP contribution in [-0.4, -0.2) is 35.1 Å². The van der Waals surface area contributed by atoms with Gasteiger partial charge in [-0.15, -0.1) is 5.10 Å². The first-order chi connectivity index (χ1) is 15.8. The number of aromatic nitrogens is 6. The summed E-state index contributed by atoms with van der Waals surface area (Å²) in [7, 11) is 0. The van der Waals surface area contributed by atoms with Gasteiger partial charge in [-0.05, 0) is 39.6 Å². The second kappa shape index (κ2) is 9.19. The highest BCUT2D eigenvalue weighted by Gasteiger charge is 2.41. The van der Waals surface area contributed by atoms with Crippen molar-refractivity contribution in [1.82, 2.24) is 30.0 Å². The molecule has 1 N–H and O–H groups in total. The van der Waals surface area contributed by atoms with Crippen LogP contribution < -0.4 is 0 Å². The summed E-state index contributed by atoms with van der Waals surface area (Å²) in [5.74, 6) is -1.75. The zero-order valence-electron chi connectivity index (χ0n) is 18.7. The summed E-state index contributed by atoms with van der Waals surface area (Å²) in [6.45, 7) is 6.47. The number of nitrogens with zero attached hydrogens (tertiary/aromatic N) is 6. The van der Waals surface area contributed by atoms with Crippen molar-refractivity contribution in [2.45, 2.75) is 51.3 Å². The fourth-order valence-electron chi connectivity index (χ4n) is 3.93. The van der Waals surface area contributed by atoms with E-state index in [1.165, 1.54) is 22.6 Å². The van der Waals surface area contributed by atoms with Gasteiger partial charge < -0.3 is 5.11 Å². The quantitative estimate of drug-likeness (QED) is 0.437. The standard InChI is InChI=1S/C24H26F2N6O/c1-16(2)19-6-4-18(5-7-19)13-31-11-10-23(28-31)17(3)24(33,14-32-15-27-29-30-32)21-9-8-20(25)12-22(21)26/h4-12,15-17,33H,13-14H2,1-3H3/t17-,24+/m0/s1. The van der Waals surface area contributed by atoms with Crippen LogP contribution >= 0.6 is 0 Å². The van der Waals surface area contributed by atoms with E-state index in [1.54, 1.807) is 17.7 Å². The molecule has 2 heterocycles. The lowest BCUT2D eigenvalue weighted by atomic mass is 9.80. The topological polar surface area (TPSA) is 81.7 Å². The van der Waals surface area contributed by atoms with Crippen molar-refractivity contribution in [3.8, 4) is 0 Å². The highest BCUT2D eigenvalue weighted by Crippen LogP contribution is 2.39. The van der Waals surface area contributed by atoms with Crippen molar-refractivity contribution < 1.29 is 13.9 Å². The van der Waals surface area contributed by atoms with Crippen LogP contribution in [0.25, 0.3) is 0 Å². The van der Waals surface area contributed by atoms with Crippen LogP contribution in [-0.2, 0) is 18.7 Å². The second-order valence-corrected chi connectivity index (χ2v) is 8.61. The maximum atomic E-state index is 14.7. The SMILES string of the molecule is CC(C)c1ccc(Cn2ccc([C@H](C)[C@](O)(Cn3cnnn3)c3ccc(F)cc3F)n2)cc1. The van der Waals surface area contributed by atoms with Gasteiger partial charge in [0.05, 0.1) is 18.8 Å². The third-order valence-corrected chi connectivity index (χ3v) is 6.00. The molecule has 0 spiro atoms. The molecule has 0 amide bonds. The first-order valence-electron chi connectivity index (χ1n) is 10.8. The number of rotatable bonds is 8. The Bertz CT molecular complexity index is 1210. The predicted octanol–water partition coefficient (Wildman–Crippen LogP) is 4.01. The molecule has 0 aliphatic carbocycles. The van der Waals surface area contributed by atoms with Crippen LogP contribution in [0.2, 0.25) is 0 Å². The lowest BCUT2D eigenvalue weighted by Gasteiger charge is -2.33. The molecule has 7 nitrogen and oxygen atoms in total. The molecule has 4 rings (SSSR count). The van der Waals surface area contributed by atoms with Crippen molar-refractivity contribution in [3.63, 3.8) is 0 Å². The van der Waals surface area contributed by atoms with Crippen LogP contribution in [0.1, 0.15) is 55.0 Å². The molecule has 0 saturated carbocycles. The van der Waals surface area contributed by atoms with Crippen molar-refractivity contribution in [2.24, 2.45) is 0 Å². The van der Waals surface area contributed by atoms with Crippen LogP contribution in [0.4, 0.5) is 8.78 Å². The highest BCUT2D eigenvalue weighted by molar-refractivity contribution is 5.30. The summed E-state index contributed by atoms with van der Waals surface area (Å²) < 4.78 is 31.4. The van der Waals surface area contributed by atoms with Gasteiger partial charge in [-0.3, -0.25) is 4.68 Å². The second-order valence-electron chi connectivity index (χ2n) is 8.61. The Morgan fingerprint density at radius 2 is 1.76 bits per heavy atom. The Kier molecular flexibility index (Phi) is 6.33. The van der Waals surface area contributed by atoms with E-state index in [1.807, 2.05) is 6.20 Å². The summed E-state index contributed by atoms with van der Waals surface area (Å²) in [4.78, 5) is 0. The van der Waals surface area contributed by atoms with Gasteiger partial charge in [0.15, 0.2) is 0 Å². The summed E-state index contributed by atoms with van der Waals surface area (Å²) in [6.07, 6.45) is 3.15. The lowest BCUT2D eigenvalue weighted by Crippen LogP contribution is -2.38. The monoisotopic (exact) mass is 452 g/mol. The molecule has 0 fully saturated rings. The molecular formula is C24H26F2N6O. The average molecular weight is 453 g/mol. The van der Waals surface area contributed by atoms with Gasteiger partial charge in [-0.25, -0.2) is 13.5 Å². The molecular weight excluding hydrogens is 426 g/mol. The summed E-state index contributed by atoms with van der Waals surface area (Å²) in [5, 5.41) is 27.3. The molecule has 2 aromatic heterocycles. The maximum absolute atomic E-state index is 14.7. The van der Waals surface area contributed by atoms with Crippen LogP contribution in [0.15, 0.2) is 61.1 Å². The average Bonchev–Trinajstić information content (AvgIpc) is 3.45. The number of tetrazole rings is 1. The van der Waals surface area contributed by atoms with Gasteiger partial charge in [0.1, 0.15) is 23.6 Å². The summed E-state index contributed by atoms with van der Waals surface area (Å²) in [6, 6.07) is 13.3. The Balaban J connectivity index is 1.62. The van der Waals surface area contributed by atoms with Crippen LogP contribution in [0, 0.1) is 11.6 Å². The zero-order valence-corrected chi connectivity index (χ0v) is 18.7. The Labute approximate surface area is 190 Å². The lowest BCUT2D eigenvalue weighted by molar-refractivity contribution is -0.0128. The maximum Gasteiger partial charge on any atom is 0.138 e. The smallest absolute Gasteiger partial charge is 0.138 e. The molecule has 0 unspecified atom stereocenters.